The van der Waals surface area contributed by atoms with Crippen LogP contribution in [0.2, 0.25) is 0 Å². The first-order chi connectivity index (χ1) is 15.7. The molecule has 0 saturated heterocycles. The van der Waals surface area contributed by atoms with Crippen molar-refractivity contribution in [2.75, 3.05) is 0 Å². The van der Waals surface area contributed by atoms with E-state index < -0.39 is 17.5 Å². The number of hydrogen-bond acceptors (Lipinski definition) is 3. The Bertz CT molecular complexity index is 907. The number of carbonyl (C=O) groups is 1. The predicted octanol–water partition coefficient (Wildman–Crippen LogP) is 6.06. The van der Waals surface area contributed by atoms with Gasteiger partial charge in [-0.15, -0.1) is 0 Å². The second-order valence-electron chi connectivity index (χ2n) is 14.6. The van der Waals surface area contributed by atoms with Gasteiger partial charge in [0.25, 0.3) is 0 Å². The van der Waals surface area contributed by atoms with Crippen LogP contribution in [0, 0.1) is 56.7 Å². The third kappa shape index (κ3) is 2.76. The summed E-state index contributed by atoms with van der Waals surface area (Å²) in [6.45, 7) is 16.2. The van der Waals surface area contributed by atoms with Gasteiger partial charge >= 0.3 is 5.97 Å². The lowest BCUT2D eigenvalue weighted by Crippen LogP contribution is -2.68. The predicted molar refractivity (Wildman–Crippen MR) is 134 cm³/mol. The highest BCUT2D eigenvalue weighted by atomic mass is 16.4. The zero-order chi connectivity index (χ0) is 25.1. The monoisotopic (exact) mass is 472 g/mol. The average Bonchev–Trinajstić information content (AvgIpc) is 2.73. The summed E-state index contributed by atoms with van der Waals surface area (Å²) in [4.78, 5) is 12.8. The van der Waals surface area contributed by atoms with Gasteiger partial charge in [-0.2, -0.15) is 0 Å². The summed E-state index contributed by atoms with van der Waals surface area (Å²) in [6.07, 6.45) is 8.59. The summed E-state index contributed by atoms with van der Waals surface area (Å²) < 4.78 is 0. The number of carboxylic acids is 1. The Kier molecular flexibility index (Phi) is 5.36. The van der Waals surface area contributed by atoms with Crippen molar-refractivity contribution in [3.63, 3.8) is 0 Å². The lowest BCUT2D eigenvalue weighted by Gasteiger charge is -2.72. The number of fused-ring (bicyclic) bond motifs is 7. The number of rotatable bonds is 1. The van der Waals surface area contributed by atoms with E-state index in [-0.39, 0.29) is 39.6 Å². The Balaban J connectivity index is 1.64. The first-order valence-corrected chi connectivity index (χ1v) is 14.0. The summed E-state index contributed by atoms with van der Waals surface area (Å²) in [5.41, 5.74) is 0.259. The Labute approximate surface area is 206 Å². The van der Waals surface area contributed by atoms with E-state index in [1.54, 1.807) is 0 Å². The molecule has 0 spiro atoms. The molecule has 4 heteroatoms. The van der Waals surface area contributed by atoms with Gasteiger partial charge in [-0.05, 0) is 103 Å². The molecule has 3 N–H and O–H groups in total. The molecule has 4 nitrogen and oxygen atoms in total. The second kappa shape index (κ2) is 7.34. The lowest BCUT2D eigenvalue weighted by molar-refractivity contribution is -0.242. The van der Waals surface area contributed by atoms with Crippen molar-refractivity contribution >= 4 is 5.97 Å². The van der Waals surface area contributed by atoms with Gasteiger partial charge in [-0.1, -0.05) is 60.1 Å². The minimum Gasteiger partial charge on any atom is -0.481 e. The van der Waals surface area contributed by atoms with Crippen LogP contribution in [0.4, 0.5) is 0 Å². The fraction of sp³-hybridized carbons (Fsp3) is 0.900. The summed E-state index contributed by atoms with van der Waals surface area (Å²) in [5, 5.41) is 33.2. The Morgan fingerprint density at radius 1 is 0.971 bits per heavy atom. The van der Waals surface area contributed by atoms with Gasteiger partial charge in [-0.3, -0.25) is 4.79 Å². The van der Waals surface area contributed by atoms with Crippen LogP contribution in [-0.2, 0) is 4.79 Å². The molecule has 0 radical (unpaired) electrons. The van der Waals surface area contributed by atoms with Gasteiger partial charge in [0.1, 0.15) is 0 Å². The molecule has 4 saturated carbocycles. The van der Waals surface area contributed by atoms with Crippen molar-refractivity contribution in [3.8, 4) is 0 Å². The molecule has 0 amide bonds. The number of aliphatic carboxylic acids is 1. The molecule has 5 rings (SSSR count). The maximum Gasteiger partial charge on any atom is 0.310 e. The fourth-order valence-corrected chi connectivity index (χ4v) is 11.0. The Morgan fingerprint density at radius 3 is 2.29 bits per heavy atom. The molecule has 11 atom stereocenters. The van der Waals surface area contributed by atoms with Crippen LogP contribution in [-0.4, -0.2) is 33.5 Å². The Hall–Kier alpha value is -0.870. The van der Waals surface area contributed by atoms with Crippen molar-refractivity contribution in [2.24, 2.45) is 56.7 Å². The highest BCUT2D eigenvalue weighted by Crippen LogP contribution is 2.75. The first kappa shape index (κ1) is 24.8. The number of aliphatic hydroxyl groups excluding tert-OH is 2. The van der Waals surface area contributed by atoms with Gasteiger partial charge in [0.05, 0.1) is 17.6 Å². The topological polar surface area (TPSA) is 77.8 Å². The van der Waals surface area contributed by atoms with Crippen LogP contribution < -0.4 is 0 Å². The maximum atomic E-state index is 12.8. The molecular weight excluding hydrogens is 424 g/mol. The highest BCUT2D eigenvalue weighted by Gasteiger charge is 2.71. The van der Waals surface area contributed by atoms with Crippen molar-refractivity contribution in [3.05, 3.63) is 11.6 Å². The molecule has 0 heterocycles. The van der Waals surface area contributed by atoms with Gasteiger partial charge in [0, 0.05) is 0 Å². The second-order valence-corrected chi connectivity index (χ2v) is 14.6. The van der Waals surface area contributed by atoms with Gasteiger partial charge < -0.3 is 15.3 Å². The smallest absolute Gasteiger partial charge is 0.310 e. The van der Waals surface area contributed by atoms with Crippen LogP contribution in [0.5, 0.6) is 0 Å². The van der Waals surface area contributed by atoms with Gasteiger partial charge in [0.2, 0.25) is 0 Å². The van der Waals surface area contributed by atoms with Crippen LogP contribution in [0.15, 0.2) is 11.6 Å². The Morgan fingerprint density at radius 2 is 1.65 bits per heavy atom. The summed E-state index contributed by atoms with van der Waals surface area (Å²) >= 11 is 0. The largest absolute Gasteiger partial charge is 0.481 e. The van der Waals surface area contributed by atoms with Crippen molar-refractivity contribution < 1.29 is 20.1 Å². The zero-order valence-electron chi connectivity index (χ0n) is 22.5. The number of carboxylic acid groups (broad SMARTS) is 1. The molecule has 5 aliphatic rings. The average molecular weight is 473 g/mol. The standard InChI is InChI=1S/C30H48O4/c1-17-10-13-30(25(33)34)15-14-28(6)19(23(30)18(17)2)8-9-21-27(5)12-11-22(32)26(3,4)24(27)20(31)16-29(21,28)7/h8,17-18,20-24,31-32H,9-16H2,1-7H3,(H,33,34). The van der Waals surface area contributed by atoms with Crippen LogP contribution in [0.1, 0.15) is 99.8 Å². The van der Waals surface area contributed by atoms with Crippen LogP contribution in [0.25, 0.3) is 0 Å². The minimum atomic E-state index is -0.628. The first-order valence-electron chi connectivity index (χ1n) is 14.0. The third-order valence-corrected chi connectivity index (χ3v) is 13.3. The van der Waals surface area contributed by atoms with E-state index in [2.05, 4.69) is 54.5 Å². The van der Waals surface area contributed by atoms with Crippen LogP contribution in [0.3, 0.4) is 0 Å². The number of aliphatic hydroxyl groups is 2. The van der Waals surface area contributed by atoms with E-state index in [1.807, 2.05) is 0 Å². The van der Waals surface area contributed by atoms with Gasteiger partial charge in [-0.25, -0.2) is 0 Å². The molecule has 0 bridgehead atoms. The van der Waals surface area contributed by atoms with E-state index in [4.69, 9.17) is 0 Å². The zero-order valence-corrected chi connectivity index (χ0v) is 22.5. The van der Waals surface area contributed by atoms with Crippen molar-refractivity contribution in [2.45, 2.75) is 112 Å². The number of hydrogen-bond donors (Lipinski definition) is 3. The molecular formula is C30H48O4. The van der Waals surface area contributed by atoms with E-state index in [1.165, 1.54) is 5.57 Å². The minimum absolute atomic E-state index is 0.0347. The molecule has 0 aromatic heterocycles. The summed E-state index contributed by atoms with van der Waals surface area (Å²) in [7, 11) is 0. The quantitative estimate of drug-likeness (QED) is 0.405. The molecule has 0 aliphatic heterocycles. The molecule has 0 aromatic rings. The molecule has 11 unspecified atom stereocenters. The van der Waals surface area contributed by atoms with Crippen molar-refractivity contribution in [1.82, 2.24) is 0 Å². The van der Waals surface area contributed by atoms with E-state index in [0.717, 1.165) is 51.4 Å². The third-order valence-electron chi connectivity index (χ3n) is 13.3. The van der Waals surface area contributed by atoms with Gasteiger partial charge in [0.15, 0.2) is 0 Å². The van der Waals surface area contributed by atoms with Crippen LogP contribution >= 0.6 is 0 Å². The highest BCUT2D eigenvalue weighted by molar-refractivity contribution is 5.76. The van der Waals surface area contributed by atoms with E-state index >= 15 is 0 Å². The number of allylic oxidation sites excluding steroid dienone is 2. The summed E-state index contributed by atoms with van der Waals surface area (Å²) in [6, 6.07) is 0. The van der Waals surface area contributed by atoms with E-state index in [0.29, 0.717) is 17.8 Å². The lowest BCUT2D eigenvalue weighted by atomic mass is 9.33. The molecule has 0 aromatic carbocycles. The van der Waals surface area contributed by atoms with E-state index in [9.17, 15) is 20.1 Å². The van der Waals surface area contributed by atoms with Crippen molar-refractivity contribution in [1.29, 1.82) is 0 Å². The fourth-order valence-electron chi connectivity index (χ4n) is 11.0. The SMILES string of the molecule is CC1CCC2(C(=O)O)CCC3(C)C(=CCC4C5(C)CCC(O)C(C)(C)C5C(O)CC43C)C2C1C. The molecule has 192 valence electrons. The molecule has 34 heavy (non-hydrogen) atoms. The molecule has 4 fully saturated rings. The maximum absolute atomic E-state index is 12.8. The normalized spacial score (nSPS) is 56.3. The summed E-state index contributed by atoms with van der Waals surface area (Å²) in [5.74, 6) is 0.906. The molecule has 5 aliphatic carbocycles.